The van der Waals surface area contributed by atoms with E-state index in [0.29, 0.717) is 17.8 Å². The minimum Gasteiger partial charge on any atom is -0.345 e. The predicted octanol–water partition coefficient (Wildman–Crippen LogP) is 3.01. The first kappa shape index (κ1) is 17.6. The van der Waals surface area contributed by atoms with Crippen molar-refractivity contribution in [3.8, 4) is 0 Å². The lowest BCUT2D eigenvalue weighted by atomic mass is 10.0. The Hall–Kier alpha value is -2.18. The molecule has 0 bridgehead atoms. The summed E-state index contributed by atoms with van der Waals surface area (Å²) in [6.07, 6.45) is 1.01. The molecule has 2 aromatic rings. The number of carbonyl (C=O) groups is 2. The van der Waals surface area contributed by atoms with Crippen LogP contribution in [0.4, 0.5) is 5.69 Å². The van der Waals surface area contributed by atoms with E-state index in [1.807, 2.05) is 0 Å². The Morgan fingerprint density at radius 3 is 2.64 bits per heavy atom. The van der Waals surface area contributed by atoms with Crippen molar-refractivity contribution >= 4 is 28.8 Å². The summed E-state index contributed by atoms with van der Waals surface area (Å²) in [5, 5.41) is 5.05. The van der Waals surface area contributed by atoms with Gasteiger partial charge in [-0.1, -0.05) is 0 Å². The van der Waals surface area contributed by atoms with Crippen molar-refractivity contribution in [2.75, 3.05) is 32.5 Å². The van der Waals surface area contributed by atoms with E-state index in [1.54, 1.807) is 49.7 Å². The second-order valence-corrected chi connectivity index (χ2v) is 7.52. The number of carbonyl (C=O) groups excluding carboxylic acids is 2. The number of nitrogens with one attached hydrogen (secondary N) is 1. The Kier molecular flexibility index (Phi) is 5.20. The Labute approximate surface area is 152 Å². The van der Waals surface area contributed by atoms with Gasteiger partial charge in [0.1, 0.15) is 0 Å². The number of hydrogen-bond donors (Lipinski definition) is 1. The third-order valence-electron chi connectivity index (χ3n) is 4.57. The van der Waals surface area contributed by atoms with Gasteiger partial charge in [0.15, 0.2) is 0 Å². The molecule has 0 unspecified atom stereocenters. The van der Waals surface area contributed by atoms with E-state index in [2.05, 4.69) is 28.6 Å². The number of hydrogen-bond acceptors (Lipinski definition) is 4. The zero-order valence-corrected chi connectivity index (χ0v) is 15.6. The topological polar surface area (TPSA) is 52.7 Å². The molecular formula is C19H23N3O2S. The molecule has 1 aromatic heterocycles. The molecule has 6 heteroatoms. The standard InChI is InChI=1S/C19H23N3O2S/c1-13-16-9-11-25-17(16)8-10-22(13)12-18(23)20-15-6-4-14(5-7-15)19(24)21(2)3/h4-7,9,11,13H,8,10,12H2,1-3H3,(H,20,23)/t13-/m1/s1. The molecule has 1 atom stereocenters. The molecule has 5 nitrogen and oxygen atoms in total. The van der Waals surface area contributed by atoms with Crippen molar-refractivity contribution in [3.05, 3.63) is 51.7 Å². The summed E-state index contributed by atoms with van der Waals surface area (Å²) in [5.41, 5.74) is 2.66. The number of amides is 2. The summed E-state index contributed by atoms with van der Waals surface area (Å²) < 4.78 is 0. The fourth-order valence-electron chi connectivity index (χ4n) is 3.12. The molecule has 1 aromatic carbocycles. The SMILES string of the molecule is C[C@@H]1c2ccsc2CCN1CC(=O)Nc1ccc(C(=O)N(C)C)cc1. The number of rotatable bonds is 4. The van der Waals surface area contributed by atoms with E-state index in [1.165, 1.54) is 15.3 Å². The summed E-state index contributed by atoms with van der Waals surface area (Å²) in [7, 11) is 3.44. The Bertz CT molecular complexity index is 767. The van der Waals surface area contributed by atoms with Gasteiger partial charge in [-0.15, -0.1) is 11.3 Å². The van der Waals surface area contributed by atoms with Crippen molar-refractivity contribution in [2.24, 2.45) is 0 Å². The lowest BCUT2D eigenvalue weighted by molar-refractivity contribution is -0.117. The van der Waals surface area contributed by atoms with E-state index in [-0.39, 0.29) is 17.9 Å². The van der Waals surface area contributed by atoms with Crippen LogP contribution in [0.3, 0.4) is 0 Å². The molecular weight excluding hydrogens is 334 g/mol. The molecule has 1 N–H and O–H groups in total. The van der Waals surface area contributed by atoms with Crippen molar-refractivity contribution in [3.63, 3.8) is 0 Å². The van der Waals surface area contributed by atoms with Gasteiger partial charge in [0, 0.05) is 42.8 Å². The maximum absolute atomic E-state index is 12.4. The molecule has 0 radical (unpaired) electrons. The molecule has 0 fully saturated rings. The van der Waals surface area contributed by atoms with E-state index >= 15 is 0 Å². The van der Waals surface area contributed by atoms with E-state index in [9.17, 15) is 9.59 Å². The molecule has 1 aliphatic rings. The summed E-state index contributed by atoms with van der Waals surface area (Å²) in [4.78, 5) is 29.4. The smallest absolute Gasteiger partial charge is 0.253 e. The van der Waals surface area contributed by atoms with Crippen LogP contribution in [0.1, 0.15) is 33.8 Å². The quantitative estimate of drug-likeness (QED) is 0.915. The summed E-state index contributed by atoms with van der Waals surface area (Å²) in [6, 6.07) is 9.44. The van der Waals surface area contributed by atoms with Crippen molar-refractivity contribution in [1.82, 2.24) is 9.80 Å². The van der Waals surface area contributed by atoms with E-state index in [0.717, 1.165) is 13.0 Å². The van der Waals surface area contributed by atoms with Crippen LogP contribution in [-0.2, 0) is 11.2 Å². The van der Waals surface area contributed by atoms with Gasteiger partial charge >= 0.3 is 0 Å². The minimum absolute atomic E-state index is 0.0304. The summed E-state index contributed by atoms with van der Waals surface area (Å²) in [5.74, 6) is -0.0798. The van der Waals surface area contributed by atoms with Gasteiger partial charge in [-0.25, -0.2) is 0 Å². The van der Waals surface area contributed by atoms with Crippen LogP contribution >= 0.6 is 11.3 Å². The fraction of sp³-hybridized carbons (Fsp3) is 0.368. The highest BCUT2D eigenvalue weighted by Gasteiger charge is 2.26. The third kappa shape index (κ3) is 3.91. The van der Waals surface area contributed by atoms with Crippen LogP contribution < -0.4 is 5.32 Å². The second-order valence-electron chi connectivity index (χ2n) is 6.52. The Morgan fingerprint density at radius 2 is 1.96 bits per heavy atom. The van der Waals surface area contributed by atoms with Gasteiger partial charge in [0.25, 0.3) is 5.91 Å². The molecule has 0 saturated carbocycles. The largest absolute Gasteiger partial charge is 0.345 e. The average molecular weight is 357 g/mol. The predicted molar refractivity (Wildman–Crippen MR) is 101 cm³/mol. The molecule has 0 aliphatic carbocycles. The van der Waals surface area contributed by atoms with Crippen LogP contribution in [0.5, 0.6) is 0 Å². The van der Waals surface area contributed by atoms with Crippen LogP contribution in [0.2, 0.25) is 0 Å². The zero-order valence-electron chi connectivity index (χ0n) is 14.8. The Balaban J connectivity index is 1.59. The molecule has 25 heavy (non-hydrogen) atoms. The first-order valence-electron chi connectivity index (χ1n) is 8.37. The van der Waals surface area contributed by atoms with Gasteiger partial charge in [-0.3, -0.25) is 14.5 Å². The van der Waals surface area contributed by atoms with Crippen LogP contribution in [0.15, 0.2) is 35.7 Å². The minimum atomic E-state index is -0.0495. The molecule has 0 saturated heterocycles. The maximum atomic E-state index is 12.4. The normalized spacial score (nSPS) is 17.0. The van der Waals surface area contributed by atoms with Crippen molar-refractivity contribution in [2.45, 2.75) is 19.4 Å². The lowest BCUT2D eigenvalue weighted by Crippen LogP contribution is -2.39. The first-order chi connectivity index (χ1) is 12.0. The highest BCUT2D eigenvalue weighted by Crippen LogP contribution is 2.32. The maximum Gasteiger partial charge on any atom is 0.253 e. The van der Waals surface area contributed by atoms with Gasteiger partial charge in [0.2, 0.25) is 5.91 Å². The fourth-order valence-corrected chi connectivity index (χ4v) is 4.08. The second kappa shape index (κ2) is 7.37. The first-order valence-corrected chi connectivity index (χ1v) is 9.25. The van der Waals surface area contributed by atoms with Crippen LogP contribution in [0, 0.1) is 0 Å². The van der Waals surface area contributed by atoms with Gasteiger partial charge in [-0.2, -0.15) is 0 Å². The van der Waals surface area contributed by atoms with Gasteiger partial charge < -0.3 is 10.2 Å². The third-order valence-corrected chi connectivity index (χ3v) is 5.57. The van der Waals surface area contributed by atoms with E-state index in [4.69, 9.17) is 0 Å². The number of benzene rings is 1. The zero-order chi connectivity index (χ0) is 18.0. The summed E-state index contributed by atoms with van der Waals surface area (Å²) >= 11 is 1.80. The van der Waals surface area contributed by atoms with Crippen molar-refractivity contribution < 1.29 is 9.59 Å². The highest BCUT2D eigenvalue weighted by atomic mass is 32.1. The number of thiophene rings is 1. The molecule has 3 rings (SSSR count). The number of anilines is 1. The average Bonchev–Trinajstić information content (AvgIpc) is 3.07. The van der Waals surface area contributed by atoms with Gasteiger partial charge in [0.05, 0.1) is 6.54 Å². The molecule has 2 heterocycles. The van der Waals surface area contributed by atoms with Gasteiger partial charge in [-0.05, 0) is 54.6 Å². The van der Waals surface area contributed by atoms with Crippen LogP contribution in [-0.4, -0.2) is 48.8 Å². The summed E-state index contributed by atoms with van der Waals surface area (Å²) in [6.45, 7) is 3.42. The van der Waals surface area contributed by atoms with Crippen LogP contribution in [0.25, 0.3) is 0 Å². The lowest BCUT2D eigenvalue weighted by Gasteiger charge is -2.32. The number of fused-ring (bicyclic) bond motifs is 1. The monoisotopic (exact) mass is 357 g/mol. The highest BCUT2D eigenvalue weighted by molar-refractivity contribution is 7.10. The Morgan fingerprint density at radius 1 is 1.24 bits per heavy atom. The molecule has 0 spiro atoms. The van der Waals surface area contributed by atoms with Crippen molar-refractivity contribution in [1.29, 1.82) is 0 Å². The number of nitrogens with zero attached hydrogens (tertiary/aromatic N) is 2. The van der Waals surface area contributed by atoms with E-state index < -0.39 is 0 Å². The molecule has 1 aliphatic heterocycles. The molecule has 2 amide bonds. The molecule has 132 valence electrons.